The molecule has 2 aromatic rings. The van der Waals surface area contributed by atoms with Gasteiger partial charge in [-0.05, 0) is 29.8 Å². The fourth-order valence-electron chi connectivity index (χ4n) is 1.92. The number of nitrogens with one attached hydrogen (secondary N) is 2. The van der Waals surface area contributed by atoms with Gasteiger partial charge in [-0.2, -0.15) is 5.26 Å². The zero-order valence-electron chi connectivity index (χ0n) is 10.8. The molecule has 0 fully saturated rings. The lowest BCUT2D eigenvalue weighted by molar-refractivity contribution is 0.0974. The number of nitrogens with zero attached hydrogens (tertiary/aromatic N) is 2. The van der Waals surface area contributed by atoms with Crippen molar-refractivity contribution in [3.63, 3.8) is 0 Å². The number of hydrogen-bond donors (Lipinski definition) is 4. The van der Waals surface area contributed by atoms with E-state index in [4.69, 9.17) is 11.1 Å². The van der Waals surface area contributed by atoms with E-state index in [1.807, 2.05) is 6.07 Å². The first-order valence-corrected chi connectivity index (χ1v) is 5.86. The molecule has 0 aliphatic rings. The standard InChI is InChI=1S/C14H11N5O2/c15-7-9-1-2-10(20)12(13(21)19-14(16)17)11(9)8-3-5-18-6-4-8/h1-6,20H,(H4,16,17,19,21). The number of hydrogen-bond acceptors (Lipinski definition) is 5. The van der Waals surface area contributed by atoms with Crippen molar-refractivity contribution in [3.8, 4) is 22.9 Å². The smallest absolute Gasteiger partial charge is 0.262 e. The number of rotatable bonds is 2. The molecule has 0 saturated carbocycles. The number of carbonyl (C=O) groups excluding carboxylic acids is 1. The van der Waals surface area contributed by atoms with E-state index in [-0.39, 0.29) is 22.4 Å². The Labute approximate surface area is 120 Å². The first-order valence-electron chi connectivity index (χ1n) is 5.86. The van der Waals surface area contributed by atoms with Crippen LogP contribution in [0.1, 0.15) is 15.9 Å². The molecule has 1 aromatic carbocycles. The summed E-state index contributed by atoms with van der Waals surface area (Å²) >= 11 is 0. The number of aromatic hydroxyl groups is 1. The quantitative estimate of drug-likeness (QED) is 0.480. The molecule has 5 N–H and O–H groups in total. The van der Waals surface area contributed by atoms with Crippen molar-refractivity contribution >= 4 is 11.9 Å². The fraction of sp³-hybridized carbons (Fsp3) is 0. The van der Waals surface area contributed by atoms with Gasteiger partial charge in [0.2, 0.25) is 0 Å². The Morgan fingerprint density at radius 1 is 1.33 bits per heavy atom. The molecule has 1 aromatic heterocycles. The molecule has 0 radical (unpaired) electrons. The Balaban J connectivity index is 2.72. The number of nitrogens with two attached hydrogens (primary N) is 1. The van der Waals surface area contributed by atoms with Crippen LogP contribution in [0, 0.1) is 16.7 Å². The number of guanidine groups is 1. The Morgan fingerprint density at radius 2 is 2.00 bits per heavy atom. The third kappa shape index (κ3) is 2.79. The maximum atomic E-state index is 12.1. The summed E-state index contributed by atoms with van der Waals surface area (Å²) in [6, 6.07) is 7.86. The molecule has 0 unspecified atom stereocenters. The van der Waals surface area contributed by atoms with Gasteiger partial charge < -0.3 is 10.8 Å². The van der Waals surface area contributed by atoms with Crippen LogP contribution >= 0.6 is 0 Å². The molecule has 1 heterocycles. The molecule has 1 amide bonds. The van der Waals surface area contributed by atoms with Crippen LogP contribution < -0.4 is 11.1 Å². The average Bonchev–Trinajstić information content (AvgIpc) is 2.46. The third-order valence-electron chi connectivity index (χ3n) is 2.75. The largest absolute Gasteiger partial charge is 0.507 e. The predicted molar refractivity (Wildman–Crippen MR) is 75.4 cm³/mol. The second kappa shape index (κ2) is 5.71. The minimum atomic E-state index is -0.760. The molecule has 7 heteroatoms. The van der Waals surface area contributed by atoms with Crippen LogP contribution in [0.15, 0.2) is 36.7 Å². The van der Waals surface area contributed by atoms with Crippen LogP contribution in [0.3, 0.4) is 0 Å². The molecule has 0 saturated heterocycles. The van der Waals surface area contributed by atoms with Crippen molar-refractivity contribution in [2.75, 3.05) is 0 Å². The molecule has 0 bridgehead atoms. The second-order valence-electron chi connectivity index (χ2n) is 4.10. The lowest BCUT2D eigenvalue weighted by atomic mass is 9.94. The van der Waals surface area contributed by atoms with Crippen molar-refractivity contribution in [2.24, 2.45) is 5.73 Å². The summed E-state index contributed by atoms with van der Waals surface area (Å²) in [5, 5.41) is 28.4. The van der Waals surface area contributed by atoms with E-state index in [2.05, 4.69) is 10.3 Å². The van der Waals surface area contributed by atoms with E-state index in [1.165, 1.54) is 24.5 Å². The van der Waals surface area contributed by atoms with Gasteiger partial charge in [-0.3, -0.25) is 20.5 Å². The molecule has 104 valence electrons. The molecule has 2 rings (SSSR count). The van der Waals surface area contributed by atoms with E-state index in [9.17, 15) is 15.2 Å². The fourth-order valence-corrected chi connectivity index (χ4v) is 1.92. The number of amides is 1. The van der Waals surface area contributed by atoms with Gasteiger partial charge in [-0.15, -0.1) is 0 Å². The van der Waals surface area contributed by atoms with Crippen LogP contribution in [-0.2, 0) is 0 Å². The van der Waals surface area contributed by atoms with Crippen molar-refractivity contribution < 1.29 is 9.90 Å². The van der Waals surface area contributed by atoms with E-state index >= 15 is 0 Å². The van der Waals surface area contributed by atoms with Crippen molar-refractivity contribution in [2.45, 2.75) is 0 Å². The lowest BCUT2D eigenvalue weighted by Crippen LogP contribution is -2.36. The Hall–Kier alpha value is -3.40. The minimum Gasteiger partial charge on any atom is -0.507 e. The van der Waals surface area contributed by atoms with Gasteiger partial charge in [0.1, 0.15) is 5.75 Å². The maximum Gasteiger partial charge on any atom is 0.262 e. The highest BCUT2D eigenvalue weighted by Gasteiger charge is 2.21. The highest BCUT2D eigenvalue weighted by atomic mass is 16.3. The molecular weight excluding hydrogens is 270 g/mol. The number of benzene rings is 1. The second-order valence-corrected chi connectivity index (χ2v) is 4.10. The van der Waals surface area contributed by atoms with Gasteiger partial charge in [0.25, 0.3) is 5.91 Å². The number of aromatic nitrogens is 1. The monoisotopic (exact) mass is 281 g/mol. The highest BCUT2D eigenvalue weighted by Crippen LogP contribution is 2.33. The summed E-state index contributed by atoms with van der Waals surface area (Å²) in [7, 11) is 0. The maximum absolute atomic E-state index is 12.1. The van der Waals surface area contributed by atoms with E-state index in [1.54, 1.807) is 12.1 Å². The van der Waals surface area contributed by atoms with Crippen molar-refractivity contribution in [1.82, 2.24) is 10.3 Å². The van der Waals surface area contributed by atoms with E-state index in [0.29, 0.717) is 5.56 Å². The predicted octanol–water partition coefficient (Wildman–Crippen LogP) is 0.949. The van der Waals surface area contributed by atoms with Crippen LogP contribution in [-0.4, -0.2) is 22.0 Å². The SMILES string of the molecule is N#Cc1ccc(O)c(C(=O)NC(=N)N)c1-c1ccncc1. The zero-order valence-corrected chi connectivity index (χ0v) is 10.8. The molecule has 0 spiro atoms. The summed E-state index contributed by atoms with van der Waals surface area (Å²) in [6.45, 7) is 0. The van der Waals surface area contributed by atoms with Crippen LogP contribution in [0.2, 0.25) is 0 Å². The van der Waals surface area contributed by atoms with E-state index in [0.717, 1.165) is 0 Å². The van der Waals surface area contributed by atoms with Crippen molar-refractivity contribution in [1.29, 1.82) is 10.7 Å². The zero-order chi connectivity index (χ0) is 15.4. The van der Waals surface area contributed by atoms with E-state index < -0.39 is 11.9 Å². The van der Waals surface area contributed by atoms with Crippen LogP contribution in [0.25, 0.3) is 11.1 Å². The Kier molecular flexibility index (Phi) is 3.81. The number of phenolic OH excluding ortho intramolecular Hbond substituents is 1. The number of carbonyl (C=O) groups is 1. The topological polar surface area (TPSA) is 136 Å². The van der Waals surface area contributed by atoms with Gasteiger partial charge >= 0.3 is 0 Å². The third-order valence-corrected chi connectivity index (χ3v) is 2.75. The van der Waals surface area contributed by atoms with Crippen LogP contribution in [0.5, 0.6) is 5.75 Å². The summed E-state index contributed by atoms with van der Waals surface area (Å²) in [5.41, 5.74) is 6.04. The van der Waals surface area contributed by atoms with Gasteiger partial charge in [0.15, 0.2) is 5.96 Å². The number of nitriles is 1. The first-order chi connectivity index (χ1) is 10.0. The number of pyridine rings is 1. The van der Waals surface area contributed by atoms with Crippen LogP contribution in [0.4, 0.5) is 0 Å². The molecular formula is C14H11N5O2. The Morgan fingerprint density at radius 3 is 2.57 bits per heavy atom. The molecule has 0 aliphatic carbocycles. The molecule has 7 nitrogen and oxygen atoms in total. The number of phenols is 1. The highest BCUT2D eigenvalue weighted by molar-refractivity contribution is 6.10. The summed E-state index contributed by atoms with van der Waals surface area (Å²) in [4.78, 5) is 16.0. The average molecular weight is 281 g/mol. The van der Waals surface area contributed by atoms with Gasteiger partial charge in [0, 0.05) is 18.0 Å². The van der Waals surface area contributed by atoms with Gasteiger partial charge in [-0.1, -0.05) is 0 Å². The normalized spacial score (nSPS) is 9.67. The van der Waals surface area contributed by atoms with Gasteiger partial charge in [0.05, 0.1) is 17.2 Å². The molecule has 0 atom stereocenters. The summed E-state index contributed by atoms with van der Waals surface area (Å²) in [6.07, 6.45) is 3.01. The summed E-state index contributed by atoms with van der Waals surface area (Å²) < 4.78 is 0. The lowest BCUT2D eigenvalue weighted by Gasteiger charge is -2.13. The Bertz CT molecular complexity index is 750. The first kappa shape index (κ1) is 14.0. The minimum absolute atomic E-state index is 0.115. The summed E-state index contributed by atoms with van der Waals surface area (Å²) in [5.74, 6) is -1.62. The van der Waals surface area contributed by atoms with Crippen molar-refractivity contribution in [3.05, 3.63) is 47.8 Å². The molecule has 21 heavy (non-hydrogen) atoms. The molecule has 0 aliphatic heterocycles. The van der Waals surface area contributed by atoms with Gasteiger partial charge in [-0.25, -0.2) is 0 Å².